The van der Waals surface area contributed by atoms with Crippen molar-refractivity contribution in [3.63, 3.8) is 0 Å². The molecule has 1 aromatic rings. The second kappa shape index (κ2) is 9.70. The van der Waals surface area contributed by atoms with E-state index in [9.17, 15) is 15.0 Å². The van der Waals surface area contributed by atoms with E-state index in [1.54, 1.807) is 12.1 Å². The van der Waals surface area contributed by atoms with E-state index in [0.29, 0.717) is 17.9 Å². The average molecular weight is 427 g/mol. The summed E-state index contributed by atoms with van der Waals surface area (Å²) >= 11 is 0. The SMILES string of the molecule is C=C1C[C@@H](OC(=O)c2ccccc2)[C@H]2[C@](C)(CO)CCC[C@]2(C)[C@H]1CC/C(C)=C/CO. The van der Waals surface area contributed by atoms with E-state index in [1.165, 1.54) is 5.57 Å². The monoisotopic (exact) mass is 426 g/mol. The van der Waals surface area contributed by atoms with Gasteiger partial charge < -0.3 is 14.9 Å². The molecule has 1 aromatic carbocycles. The Hall–Kier alpha value is -1.91. The van der Waals surface area contributed by atoms with Crippen LogP contribution in [0.4, 0.5) is 0 Å². The van der Waals surface area contributed by atoms with Crippen molar-refractivity contribution in [2.24, 2.45) is 22.7 Å². The molecule has 31 heavy (non-hydrogen) atoms. The Morgan fingerprint density at radius 2 is 1.94 bits per heavy atom. The van der Waals surface area contributed by atoms with Crippen LogP contribution in [0.5, 0.6) is 0 Å². The summed E-state index contributed by atoms with van der Waals surface area (Å²) in [5.74, 6) is 0.0771. The van der Waals surface area contributed by atoms with Crippen LogP contribution in [-0.2, 0) is 4.74 Å². The first kappa shape index (κ1) is 23.7. The summed E-state index contributed by atoms with van der Waals surface area (Å²) in [5.41, 5.74) is 2.51. The highest BCUT2D eigenvalue weighted by atomic mass is 16.5. The van der Waals surface area contributed by atoms with Crippen molar-refractivity contribution < 1.29 is 19.7 Å². The standard InChI is InChI=1S/C27H38O4/c1-19(13-16-28)11-12-22-20(2)17-23(31-25(30)21-9-6-5-7-10-21)24-26(3,18-29)14-8-15-27(22,24)4/h5-7,9-10,13,22-24,28-29H,2,8,11-12,14-18H2,1,3-4H3/b19-13+/t22-,23+,24-,26-,27+/m0/s1. The minimum Gasteiger partial charge on any atom is -0.458 e. The van der Waals surface area contributed by atoms with Crippen molar-refractivity contribution in [3.05, 3.63) is 59.7 Å². The van der Waals surface area contributed by atoms with E-state index in [4.69, 9.17) is 4.74 Å². The van der Waals surface area contributed by atoms with Gasteiger partial charge in [0.25, 0.3) is 0 Å². The van der Waals surface area contributed by atoms with Gasteiger partial charge in [-0.25, -0.2) is 4.79 Å². The fourth-order valence-corrected chi connectivity index (χ4v) is 6.46. The van der Waals surface area contributed by atoms with Crippen LogP contribution in [0.1, 0.15) is 69.7 Å². The third-order valence-corrected chi connectivity index (χ3v) is 7.94. The van der Waals surface area contributed by atoms with Crippen LogP contribution in [0.15, 0.2) is 54.1 Å². The number of aliphatic hydroxyl groups excluding tert-OH is 2. The van der Waals surface area contributed by atoms with Crippen LogP contribution in [0.2, 0.25) is 0 Å². The smallest absolute Gasteiger partial charge is 0.338 e. The molecule has 2 aliphatic rings. The maximum Gasteiger partial charge on any atom is 0.338 e. The summed E-state index contributed by atoms with van der Waals surface area (Å²) in [6.45, 7) is 11.1. The van der Waals surface area contributed by atoms with E-state index >= 15 is 0 Å². The zero-order valence-electron chi connectivity index (χ0n) is 19.3. The lowest BCUT2D eigenvalue weighted by Gasteiger charge is -2.60. The lowest BCUT2D eigenvalue weighted by atomic mass is 9.46. The van der Waals surface area contributed by atoms with Gasteiger partial charge in [-0.15, -0.1) is 0 Å². The molecule has 0 unspecified atom stereocenters. The molecule has 170 valence electrons. The Kier molecular flexibility index (Phi) is 7.43. The Morgan fingerprint density at radius 3 is 2.58 bits per heavy atom. The van der Waals surface area contributed by atoms with E-state index in [1.807, 2.05) is 24.3 Å². The van der Waals surface area contributed by atoms with Crippen molar-refractivity contribution in [2.75, 3.05) is 13.2 Å². The molecule has 0 amide bonds. The molecule has 0 saturated heterocycles. The molecule has 2 fully saturated rings. The maximum atomic E-state index is 12.9. The number of fused-ring (bicyclic) bond motifs is 1. The number of hydrogen-bond donors (Lipinski definition) is 2. The Bertz CT molecular complexity index is 814. The molecule has 4 heteroatoms. The highest BCUT2D eigenvalue weighted by molar-refractivity contribution is 5.89. The molecule has 0 bridgehead atoms. The summed E-state index contributed by atoms with van der Waals surface area (Å²) < 4.78 is 6.14. The molecule has 4 nitrogen and oxygen atoms in total. The van der Waals surface area contributed by atoms with Crippen LogP contribution in [0, 0.1) is 22.7 Å². The first-order chi connectivity index (χ1) is 14.7. The molecular formula is C27H38O4. The van der Waals surface area contributed by atoms with Gasteiger partial charge in [-0.1, -0.05) is 62.3 Å². The number of esters is 1. The summed E-state index contributed by atoms with van der Waals surface area (Å²) in [5, 5.41) is 19.6. The lowest BCUT2D eigenvalue weighted by molar-refractivity contribution is -0.145. The average Bonchev–Trinajstić information content (AvgIpc) is 2.73. The fraction of sp³-hybridized carbons (Fsp3) is 0.593. The third-order valence-electron chi connectivity index (χ3n) is 7.94. The van der Waals surface area contributed by atoms with Gasteiger partial charge in [0.2, 0.25) is 0 Å². The Morgan fingerprint density at radius 1 is 1.23 bits per heavy atom. The summed E-state index contributed by atoms with van der Waals surface area (Å²) in [7, 11) is 0. The Labute approximate surface area is 187 Å². The summed E-state index contributed by atoms with van der Waals surface area (Å²) in [6, 6.07) is 9.14. The van der Waals surface area contributed by atoms with Crippen LogP contribution >= 0.6 is 0 Å². The van der Waals surface area contributed by atoms with Crippen LogP contribution in [0.3, 0.4) is 0 Å². The van der Waals surface area contributed by atoms with E-state index in [0.717, 1.165) is 37.7 Å². The topological polar surface area (TPSA) is 66.8 Å². The molecular weight excluding hydrogens is 388 g/mol. The van der Waals surface area contributed by atoms with Crippen LogP contribution < -0.4 is 0 Å². The van der Waals surface area contributed by atoms with Gasteiger partial charge in [0.15, 0.2) is 0 Å². The fourth-order valence-electron chi connectivity index (χ4n) is 6.46. The predicted octanol–water partition coefficient (Wildman–Crippen LogP) is 5.31. The molecule has 5 atom stereocenters. The quantitative estimate of drug-likeness (QED) is 0.458. The Balaban J connectivity index is 1.91. The van der Waals surface area contributed by atoms with Gasteiger partial charge in [0.1, 0.15) is 6.10 Å². The van der Waals surface area contributed by atoms with Gasteiger partial charge in [-0.2, -0.15) is 0 Å². The highest BCUT2D eigenvalue weighted by Crippen LogP contribution is 2.62. The maximum absolute atomic E-state index is 12.9. The van der Waals surface area contributed by atoms with Gasteiger partial charge in [0, 0.05) is 18.9 Å². The summed E-state index contributed by atoms with van der Waals surface area (Å²) in [4.78, 5) is 12.9. The predicted molar refractivity (Wildman–Crippen MR) is 124 cm³/mol. The zero-order chi connectivity index (χ0) is 22.6. The molecule has 0 radical (unpaired) electrons. The van der Waals surface area contributed by atoms with Crippen molar-refractivity contribution in [1.29, 1.82) is 0 Å². The number of carbonyl (C=O) groups is 1. The largest absolute Gasteiger partial charge is 0.458 e. The molecule has 2 saturated carbocycles. The number of ether oxygens (including phenoxy) is 1. The molecule has 3 rings (SSSR count). The molecule has 0 spiro atoms. The second-order valence-corrected chi connectivity index (χ2v) is 10.1. The molecule has 2 aliphatic carbocycles. The first-order valence-corrected chi connectivity index (χ1v) is 11.6. The third kappa shape index (κ3) is 4.80. The molecule has 2 N–H and O–H groups in total. The van der Waals surface area contributed by atoms with Crippen LogP contribution in [-0.4, -0.2) is 35.5 Å². The molecule has 0 heterocycles. The number of benzene rings is 1. The number of allylic oxidation sites excluding steroid dienone is 1. The normalized spacial score (nSPS) is 33.6. The van der Waals surface area contributed by atoms with Crippen molar-refractivity contribution in [2.45, 2.75) is 65.4 Å². The second-order valence-electron chi connectivity index (χ2n) is 10.1. The van der Waals surface area contributed by atoms with Crippen molar-refractivity contribution in [1.82, 2.24) is 0 Å². The van der Waals surface area contributed by atoms with Crippen LogP contribution in [0.25, 0.3) is 0 Å². The van der Waals surface area contributed by atoms with Gasteiger partial charge >= 0.3 is 5.97 Å². The highest BCUT2D eigenvalue weighted by Gasteiger charge is 2.59. The zero-order valence-corrected chi connectivity index (χ0v) is 19.3. The number of hydrogen-bond acceptors (Lipinski definition) is 4. The minimum absolute atomic E-state index is 0.0669. The van der Waals surface area contributed by atoms with Gasteiger partial charge in [-0.05, 0) is 61.5 Å². The molecule has 0 aromatic heterocycles. The van der Waals surface area contributed by atoms with E-state index in [-0.39, 0.29) is 42.0 Å². The van der Waals surface area contributed by atoms with E-state index < -0.39 is 0 Å². The van der Waals surface area contributed by atoms with Gasteiger partial charge in [0.05, 0.1) is 12.2 Å². The summed E-state index contributed by atoms with van der Waals surface area (Å²) in [6.07, 6.45) is 7.14. The number of rotatable bonds is 7. The van der Waals surface area contributed by atoms with Crippen molar-refractivity contribution in [3.8, 4) is 0 Å². The number of aliphatic hydroxyl groups is 2. The number of carbonyl (C=O) groups excluding carboxylic acids is 1. The minimum atomic E-state index is -0.299. The van der Waals surface area contributed by atoms with Crippen molar-refractivity contribution >= 4 is 5.97 Å². The van der Waals surface area contributed by atoms with Gasteiger partial charge in [-0.3, -0.25) is 0 Å². The first-order valence-electron chi connectivity index (χ1n) is 11.6. The lowest BCUT2D eigenvalue weighted by Crippen LogP contribution is -2.58. The molecule has 0 aliphatic heterocycles. The van der Waals surface area contributed by atoms with E-state index in [2.05, 4.69) is 27.4 Å².